The summed E-state index contributed by atoms with van der Waals surface area (Å²) in [5.74, 6) is 2.46. The third kappa shape index (κ3) is 3.12. The summed E-state index contributed by atoms with van der Waals surface area (Å²) in [5.41, 5.74) is 10.8. The number of anilines is 3. The maximum absolute atomic E-state index is 13.2. The van der Waals surface area contributed by atoms with Gasteiger partial charge in [0.15, 0.2) is 0 Å². The van der Waals surface area contributed by atoms with E-state index in [1.165, 1.54) is 19.3 Å². The number of carbonyl (C=O) groups excluding carboxylic acids is 1. The summed E-state index contributed by atoms with van der Waals surface area (Å²) in [6, 6.07) is 2.17. The van der Waals surface area contributed by atoms with Crippen molar-refractivity contribution in [2.24, 2.45) is 17.8 Å². The average molecular weight is 357 g/mol. The number of carbonyl (C=O) groups is 1. The Hall–Kier alpha value is -1.91. The van der Waals surface area contributed by atoms with E-state index in [1.54, 1.807) is 0 Å². The first-order chi connectivity index (χ1) is 12.5. The van der Waals surface area contributed by atoms with Crippen LogP contribution in [-0.4, -0.2) is 32.1 Å². The van der Waals surface area contributed by atoms with Gasteiger partial charge in [0.25, 0.3) is 5.91 Å². The topological polar surface area (TPSA) is 70.4 Å². The number of hydrogen-bond acceptors (Lipinski definition) is 4. The summed E-state index contributed by atoms with van der Waals surface area (Å²) < 4.78 is 0. The molecule has 0 spiro atoms. The maximum Gasteiger partial charge on any atom is 0.253 e. The zero-order chi connectivity index (χ0) is 18.4. The predicted molar refractivity (Wildman–Crippen MR) is 108 cm³/mol. The molecule has 142 valence electrons. The van der Waals surface area contributed by atoms with Gasteiger partial charge in [-0.1, -0.05) is 6.92 Å². The van der Waals surface area contributed by atoms with E-state index in [1.807, 2.05) is 13.1 Å². The Morgan fingerprint density at radius 3 is 2.46 bits per heavy atom. The SMILES string of the molecule is CNc1c(N)cc(C(=O)NC2CCC(C)CC2)c(N2CC3CC3C2)c1C. The summed E-state index contributed by atoms with van der Waals surface area (Å²) in [6.45, 7) is 6.52. The number of benzene rings is 1. The maximum atomic E-state index is 13.2. The fourth-order valence-corrected chi connectivity index (χ4v) is 4.99. The lowest BCUT2D eigenvalue weighted by Gasteiger charge is -2.30. The second kappa shape index (κ2) is 6.67. The van der Waals surface area contributed by atoms with Crippen molar-refractivity contribution < 1.29 is 4.79 Å². The van der Waals surface area contributed by atoms with Gasteiger partial charge in [-0.25, -0.2) is 0 Å². The number of amides is 1. The lowest BCUT2D eigenvalue weighted by atomic mass is 9.87. The molecule has 2 aliphatic carbocycles. The van der Waals surface area contributed by atoms with Crippen LogP contribution in [-0.2, 0) is 0 Å². The van der Waals surface area contributed by atoms with Crippen LogP contribution in [0.5, 0.6) is 0 Å². The van der Waals surface area contributed by atoms with E-state index in [-0.39, 0.29) is 5.91 Å². The Bertz CT molecular complexity index is 698. The summed E-state index contributed by atoms with van der Waals surface area (Å²) in [5, 5.41) is 6.51. The first kappa shape index (κ1) is 17.5. The normalized spacial score (nSPS) is 30.0. The van der Waals surface area contributed by atoms with Crippen LogP contribution in [0.2, 0.25) is 0 Å². The summed E-state index contributed by atoms with van der Waals surface area (Å²) in [6.07, 6.45) is 5.92. The highest BCUT2D eigenvalue weighted by atomic mass is 16.1. The van der Waals surface area contributed by atoms with Crippen LogP contribution in [0.1, 0.15) is 54.9 Å². The molecule has 1 saturated heterocycles. The quantitative estimate of drug-likeness (QED) is 0.723. The van der Waals surface area contributed by atoms with E-state index in [0.29, 0.717) is 11.7 Å². The van der Waals surface area contributed by atoms with Crippen molar-refractivity contribution >= 4 is 23.0 Å². The molecule has 2 saturated carbocycles. The van der Waals surface area contributed by atoms with Crippen LogP contribution >= 0.6 is 0 Å². The molecule has 2 unspecified atom stereocenters. The number of rotatable bonds is 4. The molecule has 26 heavy (non-hydrogen) atoms. The van der Waals surface area contributed by atoms with Gasteiger partial charge in [0, 0.05) is 26.2 Å². The third-order valence-corrected chi connectivity index (χ3v) is 6.71. The number of nitrogens with zero attached hydrogens (tertiary/aromatic N) is 1. The largest absolute Gasteiger partial charge is 0.397 e. The molecule has 1 aliphatic heterocycles. The van der Waals surface area contributed by atoms with Crippen LogP contribution in [0, 0.1) is 24.7 Å². The molecule has 0 radical (unpaired) electrons. The minimum absolute atomic E-state index is 0.0394. The van der Waals surface area contributed by atoms with Crippen molar-refractivity contribution in [1.82, 2.24) is 5.32 Å². The third-order valence-electron chi connectivity index (χ3n) is 6.71. The van der Waals surface area contributed by atoms with Crippen molar-refractivity contribution in [2.75, 3.05) is 36.1 Å². The van der Waals surface area contributed by atoms with Crippen LogP contribution in [0.25, 0.3) is 0 Å². The molecule has 5 heteroatoms. The molecule has 0 aromatic heterocycles. The first-order valence-electron chi connectivity index (χ1n) is 10.1. The summed E-state index contributed by atoms with van der Waals surface area (Å²) in [4.78, 5) is 15.6. The number of nitrogens with two attached hydrogens (primary N) is 1. The van der Waals surface area contributed by atoms with Gasteiger partial charge in [-0.2, -0.15) is 0 Å². The minimum Gasteiger partial charge on any atom is -0.397 e. The van der Waals surface area contributed by atoms with Crippen molar-refractivity contribution in [1.29, 1.82) is 0 Å². The Morgan fingerprint density at radius 2 is 1.85 bits per heavy atom. The molecule has 4 rings (SSSR count). The Balaban J connectivity index is 1.62. The van der Waals surface area contributed by atoms with Gasteiger partial charge in [0.2, 0.25) is 0 Å². The van der Waals surface area contributed by atoms with Crippen molar-refractivity contribution in [3.8, 4) is 0 Å². The Labute approximate surface area is 156 Å². The van der Waals surface area contributed by atoms with E-state index in [9.17, 15) is 4.79 Å². The van der Waals surface area contributed by atoms with E-state index in [4.69, 9.17) is 5.73 Å². The smallest absolute Gasteiger partial charge is 0.253 e. The second-order valence-corrected chi connectivity index (χ2v) is 8.70. The van der Waals surface area contributed by atoms with Gasteiger partial charge in [0.05, 0.1) is 22.6 Å². The summed E-state index contributed by atoms with van der Waals surface area (Å²) in [7, 11) is 1.90. The zero-order valence-corrected chi connectivity index (χ0v) is 16.3. The van der Waals surface area contributed by atoms with Gasteiger partial charge in [-0.15, -0.1) is 0 Å². The highest BCUT2D eigenvalue weighted by Gasteiger charge is 2.46. The van der Waals surface area contributed by atoms with Crippen LogP contribution in [0.3, 0.4) is 0 Å². The Kier molecular flexibility index (Phi) is 4.49. The lowest BCUT2D eigenvalue weighted by molar-refractivity contribution is 0.0923. The zero-order valence-electron chi connectivity index (χ0n) is 16.3. The first-order valence-corrected chi connectivity index (χ1v) is 10.1. The van der Waals surface area contributed by atoms with Crippen LogP contribution in [0.4, 0.5) is 17.1 Å². The van der Waals surface area contributed by atoms with Crippen molar-refractivity contribution in [3.05, 3.63) is 17.2 Å². The summed E-state index contributed by atoms with van der Waals surface area (Å²) >= 11 is 0. The molecule has 2 atom stereocenters. The molecular weight excluding hydrogens is 324 g/mol. The minimum atomic E-state index is 0.0394. The van der Waals surface area contributed by atoms with Gasteiger partial charge < -0.3 is 21.3 Å². The van der Waals surface area contributed by atoms with Crippen LogP contribution < -0.4 is 21.3 Å². The molecule has 1 aromatic rings. The number of nitrogens with one attached hydrogen (secondary N) is 2. The van der Waals surface area contributed by atoms with E-state index >= 15 is 0 Å². The molecule has 1 amide bonds. The fraction of sp³-hybridized carbons (Fsp3) is 0.667. The standard InChI is InChI=1S/C21H32N4O/c1-12-4-6-16(7-5-12)24-21(26)17-9-18(22)19(23-3)13(2)20(17)25-10-14-8-15(14)11-25/h9,12,14-16,23H,4-8,10-11,22H2,1-3H3,(H,24,26). The molecule has 3 aliphatic rings. The van der Waals surface area contributed by atoms with Gasteiger partial charge >= 0.3 is 0 Å². The number of piperidine rings is 1. The van der Waals surface area contributed by atoms with Gasteiger partial charge in [-0.3, -0.25) is 4.79 Å². The van der Waals surface area contributed by atoms with Crippen molar-refractivity contribution in [2.45, 2.75) is 52.0 Å². The average Bonchev–Trinajstić information content (AvgIpc) is 3.22. The van der Waals surface area contributed by atoms with E-state index in [0.717, 1.165) is 66.2 Å². The molecular formula is C21H32N4O. The number of fused-ring (bicyclic) bond motifs is 1. The highest BCUT2D eigenvalue weighted by molar-refractivity contribution is 6.03. The highest BCUT2D eigenvalue weighted by Crippen LogP contribution is 2.48. The van der Waals surface area contributed by atoms with Gasteiger partial charge in [-0.05, 0) is 68.4 Å². The van der Waals surface area contributed by atoms with E-state index < -0.39 is 0 Å². The number of hydrogen-bond donors (Lipinski definition) is 3. The number of nitrogen functional groups attached to an aromatic ring is 1. The predicted octanol–water partition coefficient (Wildman–Crippen LogP) is 3.38. The fourth-order valence-electron chi connectivity index (χ4n) is 4.99. The monoisotopic (exact) mass is 356 g/mol. The molecule has 0 bridgehead atoms. The van der Waals surface area contributed by atoms with Gasteiger partial charge in [0.1, 0.15) is 0 Å². The van der Waals surface area contributed by atoms with Crippen molar-refractivity contribution in [3.63, 3.8) is 0 Å². The molecule has 5 nitrogen and oxygen atoms in total. The molecule has 4 N–H and O–H groups in total. The van der Waals surface area contributed by atoms with Crippen LogP contribution in [0.15, 0.2) is 6.07 Å². The Morgan fingerprint density at radius 1 is 1.19 bits per heavy atom. The molecule has 3 fully saturated rings. The molecule has 1 aromatic carbocycles. The molecule has 1 heterocycles. The van der Waals surface area contributed by atoms with E-state index in [2.05, 4.69) is 29.4 Å². The second-order valence-electron chi connectivity index (χ2n) is 8.70. The lowest BCUT2D eigenvalue weighted by Crippen LogP contribution is -2.38.